The Labute approximate surface area is 125 Å². The maximum Gasteiger partial charge on any atom is 0.306 e. The maximum atomic E-state index is 11.7. The molecule has 0 spiro atoms. The van der Waals surface area contributed by atoms with Gasteiger partial charge in [-0.3, -0.25) is 4.79 Å². The summed E-state index contributed by atoms with van der Waals surface area (Å²) >= 11 is 5.25. The van der Waals surface area contributed by atoms with Gasteiger partial charge in [-0.1, -0.05) is 18.2 Å². The second-order valence-corrected chi connectivity index (χ2v) is 7.20. The molecule has 0 amide bonds. The Bertz CT molecular complexity index is 596. The molecule has 0 radical (unpaired) electrons. The molecule has 1 heterocycles. The number of fused-ring (bicyclic) bond motifs is 1. The smallest absolute Gasteiger partial charge is 0.306 e. The predicted octanol–water partition coefficient (Wildman–Crippen LogP) is 4.94. The highest BCUT2D eigenvalue weighted by Crippen LogP contribution is 2.33. The minimum Gasteiger partial charge on any atom is -0.460 e. The topological polar surface area (TPSA) is 26.3 Å². The number of esters is 1. The lowest BCUT2D eigenvalue weighted by Crippen LogP contribution is -2.24. The van der Waals surface area contributed by atoms with Gasteiger partial charge in [-0.25, -0.2) is 0 Å². The van der Waals surface area contributed by atoms with Gasteiger partial charge >= 0.3 is 5.97 Å². The highest BCUT2D eigenvalue weighted by molar-refractivity contribution is 9.10. The second-order valence-electron chi connectivity index (χ2n) is 5.46. The fraction of sp³-hybridized carbons (Fsp3) is 0.400. The molecule has 0 aliphatic rings. The molecule has 4 heteroatoms. The number of ether oxygens (including phenoxy) is 1. The van der Waals surface area contributed by atoms with Crippen LogP contribution in [0.5, 0.6) is 0 Å². The number of benzene rings is 1. The third kappa shape index (κ3) is 3.80. The van der Waals surface area contributed by atoms with E-state index in [-0.39, 0.29) is 5.97 Å². The van der Waals surface area contributed by atoms with Gasteiger partial charge in [0.05, 0.1) is 0 Å². The van der Waals surface area contributed by atoms with Gasteiger partial charge in [-0.05, 0) is 48.7 Å². The van der Waals surface area contributed by atoms with E-state index in [4.69, 9.17) is 4.74 Å². The molecular formula is C15H17BrO2S. The van der Waals surface area contributed by atoms with E-state index in [0.717, 1.165) is 10.9 Å². The number of aryl methyl sites for hydroxylation is 1. The lowest BCUT2D eigenvalue weighted by molar-refractivity contribution is -0.154. The SMILES string of the molecule is CC(C)(C)OC(=O)CCc1cccc2c(Br)csc12. The van der Waals surface area contributed by atoms with E-state index >= 15 is 0 Å². The summed E-state index contributed by atoms with van der Waals surface area (Å²) in [6.45, 7) is 5.67. The predicted molar refractivity (Wildman–Crippen MR) is 83.7 cm³/mol. The van der Waals surface area contributed by atoms with E-state index in [1.165, 1.54) is 15.6 Å². The van der Waals surface area contributed by atoms with Crippen LogP contribution in [0.25, 0.3) is 10.1 Å². The van der Waals surface area contributed by atoms with Crippen LogP contribution in [-0.2, 0) is 16.0 Å². The minimum atomic E-state index is -0.408. The van der Waals surface area contributed by atoms with Crippen molar-refractivity contribution in [3.05, 3.63) is 33.6 Å². The van der Waals surface area contributed by atoms with Gasteiger partial charge in [-0.2, -0.15) is 0 Å². The monoisotopic (exact) mass is 340 g/mol. The van der Waals surface area contributed by atoms with Crippen LogP contribution in [0.2, 0.25) is 0 Å². The van der Waals surface area contributed by atoms with Gasteiger partial charge < -0.3 is 4.74 Å². The lowest BCUT2D eigenvalue weighted by Gasteiger charge is -2.19. The van der Waals surface area contributed by atoms with Crippen molar-refractivity contribution < 1.29 is 9.53 Å². The van der Waals surface area contributed by atoms with Gasteiger partial charge in [0.2, 0.25) is 0 Å². The number of carbonyl (C=O) groups is 1. The van der Waals surface area contributed by atoms with Crippen LogP contribution in [-0.4, -0.2) is 11.6 Å². The third-order valence-corrected chi connectivity index (χ3v) is 4.68. The lowest BCUT2D eigenvalue weighted by atomic mass is 10.1. The van der Waals surface area contributed by atoms with Crippen molar-refractivity contribution >= 4 is 43.3 Å². The molecule has 0 aliphatic carbocycles. The van der Waals surface area contributed by atoms with Crippen LogP contribution < -0.4 is 0 Å². The quantitative estimate of drug-likeness (QED) is 0.740. The molecule has 0 N–H and O–H groups in total. The summed E-state index contributed by atoms with van der Waals surface area (Å²) < 4.78 is 7.70. The molecule has 0 aliphatic heterocycles. The van der Waals surface area contributed by atoms with Crippen LogP contribution in [0.1, 0.15) is 32.8 Å². The van der Waals surface area contributed by atoms with E-state index in [1.807, 2.05) is 26.8 Å². The summed E-state index contributed by atoms with van der Waals surface area (Å²) in [6.07, 6.45) is 1.14. The maximum absolute atomic E-state index is 11.7. The van der Waals surface area contributed by atoms with Crippen LogP contribution in [0, 0.1) is 0 Å². The van der Waals surface area contributed by atoms with Crippen LogP contribution in [0.4, 0.5) is 0 Å². The van der Waals surface area contributed by atoms with Crippen molar-refractivity contribution in [2.75, 3.05) is 0 Å². The fourth-order valence-electron chi connectivity index (χ4n) is 1.91. The normalized spacial score (nSPS) is 11.8. The van der Waals surface area contributed by atoms with Crippen molar-refractivity contribution in [3.63, 3.8) is 0 Å². The Morgan fingerprint density at radius 2 is 2.11 bits per heavy atom. The summed E-state index contributed by atoms with van der Waals surface area (Å²) in [4.78, 5) is 11.7. The van der Waals surface area contributed by atoms with Gasteiger partial charge in [0.1, 0.15) is 5.60 Å². The fourth-order valence-corrected chi connectivity index (χ4v) is 3.63. The molecule has 2 rings (SSSR count). The first-order chi connectivity index (χ1) is 8.87. The zero-order valence-electron chi connectivity index (χ0n) is 11.3. The average Bonchev–Trinajstić information content (AvgIpc) is 2.67. The van der Waals surface area contributed by atoms with E-state index < -0.39 is 5.60 Å². The molecule has 0 unspecified atom stereocenters. The average molecular weight is 341 g/mol. The molecule has 102 valence electrons. The number of thiophene rings is 1. The van der Waals surface area contributed by atoms with Crippen molar-refractivity contribution in [1.82, 2.24) is 0 Å². The summed E-state index contributed by atoms with van der Waals surface area (Å²) in [5, 5.41) is 3.30. The van der Waals surface area contributed by atoms with Crippen LogP contribution in [0.15, 0.2) is 28.1 Å². The molecule has 1 aromatic heterocycles. The molecule has 0 saturated heterocycles. The standard InChI is InChI=1S/C15H17BrO2S/c1-15(2,3)18-13(17)8-7-10-5-4-6-11-12(16)9-19-14(10)11/h4-6,9H,7-8H2,1-3H3. The molecule has 0 saturated carbocycles. The Balaban J connectivity index is 2.08. The first kappa shape index (κ1) is 14.5. The molecule has 2 nitrogen and oxygen atoms in total. The highest BCUT2D eigenvalue weighted by atomic mass is 79.9. The summed E-state index contributed by atoms with van der Waals surface area (Å²) in [5.74, 6) is -0.139. The largest absolute Gasteiger partial charge is 0.460 e. The zero-order chi connectivity index (χ0) is 14.0. The minimum absolute atomic E-state index is 0.139. The van der Waals surface area contributed by atoms with Crippen molar-refractivity contribution in [3.8, 4) is 0 Å². The zero-order valence-corrected chi connectivity index (χ0v) is 13.7. The Kier molecular flexibility index (Phi) is 4.31. The van der Waals surface area contributed by atoms with E-state index in [9.17, 15) is 4.79 Å². The highest BCUT2D eigenvalue weighted by Gasteiger charge is 2.16. The number of hydrogen-bond donors (Lipinski definition) is 0. The Morgan fingerprint density at radius 1 is 1.37 bits per heavy atom. The number of carbonyl (C=O) groups excluding carboxylic acids is 1. The molecule has 0 fully saturated rings. The van der Waals surface area contributed by atoms with Crippen molar-refractivity contribution in [2.45, 2.75) is 39.2 Å². The number of rotatable bonds is 3. The van der Waals surface area contributed by atoms with Crippen molar-refractivity contribution in [2.24, 2.45) is 0 Å². The van der Waals surface area contributed by atoms with Gasteiger partial charge in [0.15, 0.2) is 0 Å². The number of hydrogen-bond acceptors (Lipinski definition) is 3. The van der Waals surface area contributed by atoms with Crippen LogP contribution >= 0.6 is 27.3 Å². The van der Waals surface area contributed by atoms with Gasteiger partial charge in [0, 0.05) is 26.4 Å². The van der Waals surface area contributed by atoms with E-state index in [1.54, 1.807) is 11.3 Å². The Morgan fingerprint density at radius 3 is 2.79 bits per heavy atom. The number of halogens is 1. The molecule has 0 atom stereocenters. The molecule has 1 aromatic carbocycles. The molecular weight excluding hydrogens is 324 g/mol. The van der Waals surface area contributed by atoms with E-state index in [2.05, 4.69) is 33.4 Å². The van der Waals surface area contributed by atoms with Gasteiger partial charge in [-0.15, -0.1) is 11.3 Å². The van der Waals surface area contributed by atoms with Crippen molar-refractivity contribution in [1.29, 1.82) is 0 Å². The second kappa shape index (κ2) is 5.63. The molecule has 19 heavy (non-hydrogen) atoms. The third-order valence-electron chi connectivity index (χ3n) is 2.65. The van der Waals surface area contributed by atoms with E-state index in [0.29, 0.717) is 6.42 Å². The first-order valence-electron chi connectivity index (χ1n) is 6.23. The Hall–Kier alpha value is -0.870. The summed E-state index contributed by atoms with van der Waals surface area (Å²) in [6, 6.07) is 6.20. The van der Waals surface area contributed by atoms with Gasteiger partial charge in [0.25, 0.3) is 0 Å². The summed E-state index contributed by atoms with van der Waals surface area (Å²) in [7, 11) is 0. The first-order valence-corrected chi connectivity index (χ1v) is 7.90. The molecule has 0 bridgehead atoms. The summed E-state index contributed by atoms with van der Waals surface area (Å²) in [5.41, 5.74) is 0.800. The van der Waals surface area contributed by atoms with Crippen LogP contribution in [0.3, 0.4) is 0 Å². The molecule has 2 aromatic rings.